The van der Waals surface area contributed by atoms with Crippen LogP contribution in [-0.4, -0.2) is 36.3 Å². The van der Waals surface area contributed by atoms with E-state index in [0.717, 1.165) is 25.9 Å². The van der Waals surface area contributed by atoms with Gasteiger partial charge in [-0.05, 0) is 37.8 Å². The van der Waals surface area contributed by atoms with E-state index in [-0.39, 0.29) is 11.8 Å². The number of imide groups is 1. The van der Waals surface area contributed by atoms with Crippen molar-refractivity contribution in [1.29, 1.82) is 0 Å². The average Bonchev–Trinajstić information content (AvgIpc) is 2.26. The first-order chi connectivity index (χ1) is 7.68. The molecule has 2 saturated heterocycles. The molecular weight excluding hydrogens is 204 g/mol. The van der Waals surface area contributed by atoms with Gasteiger partial charge in [0.25, 0.3) is 0 Å². The largest absolute Gasteiger partial charge is 0.316 e. The molecule has 2 aliphatic heterocycles. The second-order valence-electron chi connectivity index (χ2n) is 4.98. The number of piperidine rings is 2. The van der Waals surface area contributed by atoms with Gasteiger partial charge in [-0.25, -0.2) is 0 Å². The lowest BCUT2D eigenvalue weighted by atomic mass is 9.87. The summed E-state index contributed by atoms with van der Waals surface area (Å²) in [5.74, 6) is 1.09. The molecule has 2 aliphatic rings. The van der Waals surface area contributed by atoms with Crippen LogP contribution in [0.4, 0.5) is 0 Å². The molecule has 16 heavy (non-hydrogen) atoms. The summed E-state index contributed by atoms with van der Waals surface area (Å²) in [5.41, 5.74) is 0. The van der Waals surface area contributed by atoms with Crippen molar-refractivity contribution < 1.29 is 9.59 Å². The summed E-state index contributed by atoms with van der Waals surface area (Å²) >= 11 is 0. The minimum absolute atomic E-state index is 0.0296. The monoisotopic (exact) mass is 224 g/mol. The van der Waals surface area contributed by atoms with Crippen molar-refractivity contribution in [3.8, 4) is 0 Å². The molecule has 0 radical (unpaired) electrons. The summed E-state index contributed by atoms with van der Waals surface area (Å²) < 4.78 is 0. The van der Waals surface area contributed by atoms with E-state index in [1.165, 1.54) is 4.90 Å². The third-order valence-electron chi connectivity index (χ3n) is 3.76. The van der Waals surface area contributed by atoms with Crippen LogP contribution in [0.15, 0.2) is 0 Å². The molecule has 2 heterocycles. The Kier molecular flexibility index (Phi) is 3.59. The summed E-state index contributed by atoms with van der Waals surface area (Å²) in [5, 5.41) is 3.34. The quantitative estimate of drug-likeness (QED) is 0.705. The predicted molar refractivity (Wildman–Crippen MR) is 60.7 cm³/mol. The van der Waals surface area contributed by atoms with E-state index in [9.17, 15) is 9.59 Å². The second-order valence-corrected chi connectivity index (χ2v) is 4.98. The molecule has 1 N–H and O–H groups in total. The van der Waals surface area contributed by atoms with E-state index in [1.54, 1.807) is 0 Å². The maximum Gasteiger partial charge on any atom is 0.229 e. The van der Waals surface area contributed by atoms with Crippen LogP contribution in [0.1, 0.15) is 32.6 Å². The van der Waals surface area contributed by atoms with Crippen molar-refractivity contribution >= 4 is 11.8 Å². The molecule has 2 rings (SSSR count). The summed E-state index contributed by atoms with van der Waals surface area (Å²) in [7, 11) is 0. The third-order valence-corrected chi connectivity index (χ3v) is 3.76. The second kappa shape index (κ2) is 4.95. The fourth-order valence-electron chi connectivity index (χ4n) is 2.58. The lowest BCUT2D eigenvalue weighted by Crippen LogP contribution is -2.47. The first kappa shape index (κ1) is 11.6. The highest BCUT2D eigenvalue weighted by atomic mass is 16.2. The zero-order valence-electron chi connectivity index (χ0n) is 9.87. The average molecular weight is 224 g/mol. The molecule has 0 saturated carbocycles. The lowest BCUT2D eigenvalue weighted by molar-refractivity contribution is -0.149. The number of hydrogen-bond acceptors (Lipinski definition) is 3. The summed E-state index contributed by atoms with van der Waals surface area (Å²) in [6.07, 6.45) is 2.89. The Balaban J connectivity index is 1.96. The van der Waals surface area contributed by atoms with Crippen molar-refractivity contribution in [2.24, 2.45) is 11.8 Å². The fourth-order valence-corrected chi connectivity index (χ4v) is 2.58. The molecule has 2 atom stereocenters. The summed E-state index contributed by atoms with van der Waals surface area (Å²) in [6.45, 7) is 4.84. The normalized spacial score (nSPS) is 31.9. The van der Waals surface area contributed by atoms with E-state index in [4.69, 9.17) is 0 Å². The number of amides is 2. The van der Waals surface area contributed by atoms with Crippen LogP contribution in [0.25, 0.3) is 0 Å². The number of carbonyl (C=O) groups excluding carboxylic acids is 2. The Labute approximate surface area is 96.4 Å². The number of rotatable bonds is 2. The van der Waals surface area contributed by atoms with Gasteiger partial charge in [0.05, 0.1) is 0 Å². The van der Waals surface area contributed by atoms with E-state index < -0.39 is 0 Å². The number of nitrogens with one attached hydrogen (secondary N) is 1. The van der Waals surface area contributed by atoms with E-state index in [1.807, 2.05) is 0 Å². The van der Waals surface area contributed by atoms with Gasteiger partial charge in [0, 0.05) is 19.4 Å². The highest BCUT2D eigenvalue weighted by Crippen LogP contribution is 2.22. The number of hydrogen-bond donors (Lipinski definition) is 1. The predicted octanol–water partition coefficient (Wildman–Crippen LogP) is 0.771. The molecule has 0 aromatic carbocycles. The number of carbonyl (C=O) groups is 2. The van der Waals surface area contributed by atoms with Gasteiger partial charge in [-0.2, -0.15) is 0 Å². The Morgan fingerprint density at radius 1 is 1.31 bits per heavy atom. The van der Waals surface area contributed by atoms with Crippen molar-refractivity contribution in [3.63, 3.8) is 0 Å². The Morgan fingerprint density at radius 3 is 2.62 bits per heavy atom. The highest BCUT2D eigenvalue weighted by molar-refractivity contribution is 5.97. The molecule has 0 aromatic rings. The Bertz CT molecular complexity index is 275. The smallest absolute Gasteiger partial charge is 0.229 e. The number of likely N-dealkylation sites (tertiary alicyclic amines) is 1. The molecule has 0 aliphatic carbocycles. The highest BCUT2D eigenvalue weighted by Gasteiger charge is 2.30. The van der Waals surface area contributed by atoms with Gasteiger partial charge in [0.15, 0.2) is 0 Å². The fraction of sp³-hybridized carbons (Fsp3) is 0.833. The lowest BCUT2D eigenvalue weighted by Gasteiger charge is -2.34. The van der Waals surface area contributed by atoms with Crippen LogP contribution in [0.5, 0.6) is 0 Å². The van der Waals surface area contributed by atoms with Crippen molar-refractivity contribution in [3.05, 3.63) is 0 Å². The standard InChI is InChI=1S/C12H20N2O2/c1-9-7-13-6-5-10(9)8-14-11(15)3-2-4-12(14)16/h9-10,13H,2-8H2,1H3. The maximum atomic E-state index is 11.7. The molecule has 4 heteroatoms. The first-order valence-corrected chi connectivity index (χ1v) is 6.22. The van der Waals surface area contributed by atoms with Crippen molar-refractivity contribution in [1.82, 2.24) is 10.2 Å². The number of nitrogens with zero attached hydrogens (tertiary/aromatic N) is 1. The molecule has 0 bridgehead atoms. The minimum Gasteiger partial charge on any atom is -0.316 e. The van der Waals surface area contributed by atoms with Crippen LogP contribution >= 0.6 is 0 Å². The maximum absolute atomic E-state index is 11.7. The zero-order valence-corrected chi connectivity index (χ0v) is 9.87. The molecule has 0 spiro atoms. The van der Waals surface area contributed by atoms with Gasteiger partial charge in [0.1, 0.15) is 0 Å². The van der Waals surface area contributed by atoms with Gasteiger partial charge in [-0.1, -0.05) is 6.92 Å². The van der Waals surface area contributed by atoms with Crippen LogP contribution in [0, 0.1) is 11.8 Å². The van der Waals surface area contributed by atoms with Crippen LogP contribution < -0.4 is 5.32 Å². The molecule has 2 unspecified atom stereocenters. The van der Waals surface area contributed by atoms with E-state index in [2.05, 4.69) is 12.2 Å². The zero-order chi connectivity index (χ0) is 11.5. The molecule has 0 aromatic heterocycles. The molecule has 2 fully saturated rings. The molecule has 2 amide bonds. The van der Waals surface area contributed by atoms with Gasteiger partial charge in [-0.3, -0.25) is 14.5 Å². The first-order valence-electron chi connectivity index (χ1n) is 6.22. The Morgan fingerprint density at radius 2 is 2.00 bits per heavy atom. The molecule has 90 valence electrons. The topological polar surface area (TPSA) is 49.4 Å². The van der Waals surface area contributed by atoms with Gasteiger partial charge < -0.3 is 5.32 Å². The molecular formula is C12H20N2O2. The van der Waals surface area contributed by atoms with Gasteiger partial charge in [0.2, 0.25) is 11.8 Å². The molecule has 4 nitrogen and oxygen atoms in total. The summed E-state index contributed by atoms with van der Waals surface area (Å²) in [6, 6.07) is 0. The van der Waals surface area contributed by atoms with Crippen LogP contribution in [0.3, 0.4) is 0 Å². The van der Waals surface area contributed by atoms with E-state index in [0.29, 0.717) is 31.2 Å². The minimum atomic E-state index is 0.0296. The van der Waals surface area contributed by atoms with Gasteiger partial charge >= 0.3 is 0 Å². The third kappa shape index (κ3) is 2.43. The van der Waals surface area contributed by atoms with E-state index >= 15 is 0 Å². The van der Waals surface area contributed by atoms with Crippen LogP contribution in [0.2, 0.25) is 0 Å². The summed E-state index contributed by atoms with van der Waals surface area (Å²) in [4.78, 5) is 24.8. The SMILES string of the molecule is CC1CNCCC1CN1C(=O)CCCC1=O. The van der Waals surface area contributed by atoms with Crippen molar-refractivity contribution in [2.45, 2.75) is 32.6 Å². The van der Waals surface area contributed by atoms with Crippen LogP contribution in [-0.2, 0) is 9.59 Å². The van der Waals surface area contributed by atoms with Gasteiger partial charge in [-0.15, -0.1) is 0 Å². The Hall–Kier alpha value is -0.900. The van der Waals surface area contributed by atoms with Crippen molar-refractivity contribution in [2.75, 3.05) is 19.6 Å².